The number of hydrogen-bond donors (Lipinski definition) is 0. The summed E-state index contributed by atoms with van der Waals surface area (Å²) in [7, 11) is 0. The summed E-state index contributed by atoms with van der Waals surface area (Å²) in [6.45, 7) is 9.90. The third-order valence-electron chi connectivity index (χ3n) is 4.06. The van der Waals surface area contributed by atoms with Gasteiger partial charge in [-0.1, -0.05) is 11.2 Å². The lowest BCUT2D eigenvalue weighted by Gasteiger charge is -2.30. The molecule has 3 rings (SSSR count). The second-order valence-corrected chi connectivity index (χ2v) is 6.05. The molecule has 1 aliphatic rings. The van der Waals surface area contributed by atoms with E-state index < -0.39 is 0 Å². The minimum Gasteiger partial charge on any atom is -0.473 e. The lowest BCUT2D eigenvalue weighted by atomic mass is 10.1. The second kappa shape index (κ2) is 8.73. The van der Waals surface area contributed by atoms with Gasteiger partial charge in [0.2, 0.25) is 5.88 Å². The molecule has 0 unspecified atom stereocenters. The number of allylic oxidation sites excluding steroid dienone is 1. The molecule has 7 nitrogen and oxygen atoms in total. The van der Waals surface area contributed by atoms with Crippen molar-refractivity contribution < 1.29 is 14.0 Å². The molecule has 2 aromatic heterocycles. The monoisotopic (exact) mass is 344 g/mol. The zero-order valence-electron chi connectivity index (χ0n) is 14.6. The van der Waals surface area contributed by atoms with Crippen molar-refractivity contribution in [1.29, 1.82) is 0 Å². The highest BCUT2D eigenvalue weighted by Gasteiger charge is 2.18. The van der Waals surface area contributed by atoms with Crippen molar-refractivity contribution in [2.75, 3.05) is 32.8 Å². The smallest absolute Gasteiger partial charge is 0.259 e. The van der Waals surface area contributed by atoms with Crippen molar-refractivity contribution in [3.8, 4) is 17.3 Å². The van der Waals surface area contributed by atoms with Crippen LogP contribution in [-0.2, 0) is 4.74 Å². The maximum absolute atomic E-state index is 6.11. The van der Waals surface area contributed by atoms with Crippen molar-refractivity contribution >= 4 is 0 Å². The van der Waals surface area contributed by atoms with Crippen LogP contribution in [0.4, 0.5) is 0 Å². The Morgan fingerprint density at radius 2 is 2.20 bits per heavy atom. The van der Waals surface area contributed by atoms with Gasteiger partial charge in [-0.05, 0) is 25.8 Å². The fraction of sp³-hybridized carbons (Fsp3) is 0.500. The Hall–Kier alpha value is -2.25. The summed E-state index contributed by atoms with van der Waals surface area (Å²) in [5, 5.41) is 3.79. The van der Waals surface area contributed by atoms with Crippen molar-refractivity contribution in [2.24, 2.45) is 0 Å². The van der Waals surface area contributed by atoms with Gasteiger partial charge in [-0.3, -0.25) is 4.90 Å². The average molecular weight is 344 g/mol. The van der Waals surface area contributed by atoms with E-state index in [0.29, 0.717) is 17.6 Å². The highest BCUT2D eigenvalue weighted by molar-refractivity contribution is 5.51. The maximum Gasteiger partial charge on any atom is 0.259 e. The van der Waals surface area contributed by atoms with Crippen LogP contribution in [0.25, 0.3) is 11.5 Å². The zero-order chi connectivity index (χ0) is 17.5. The van der Waals surface area contributed by atoms with E-state index in [1.165, 1.54) is 0 Å². The third-order valence-corrected chi connectivity index (χ3v) is 4.06. The van der Waals surface area contributed by atoms with Gasteiger partial charge in [-0.15, -0.1) is 6.58 Å². The molecule has 25 heavy (non-hydrogen) atoms. The molecule has 2 aromatic rings. The molecule has 1 fully saturated rings. The summed E-state index contributed by atoms with van der Waals surface area (Å²) in [4.78, 5) is 11.0. The minimum atomic E-state index is 0.0695. The van der Waals surface area contributed by atoms with Crippen molar-refractivity contribution in [1.82, 2.24) is 20.0 Å². The molecule has 0 amide bonds. The van der Waals surface area contributed by atoms with E-state index in [-0.39, 0.29) is 6.10 Å². The van der Waals surface area contributed by atoms with Crippen LogP contribution in [0.5, 0.6) is 5.88 Å². The molecule has 0 aliphatic carbocycles. The third kappa shape index (κ3) is 5.11. The molecule has 7 heteroatoms. The summed E-state index contributed by atoms with van der Waals surface area (Å²) in [6.07, 6.45) is 5.51. The molecule has 1 atom stereocenters. The molecular formula is C18H24N4O3. The van der Waals surface area contributed by atoms with E-state index in [9.17, 15) is 0 Å². The van der Waals surface area contributed by atoms with E-state index >= 15 is 0 Å². The minimum absolute atomic E-state index is 0.0695. The van der Waals surface area contributed by atoms with Crippen LogP contribution in [0.3, 0.4) is 0 Å². The molecule has 0 N–H and O–H groups in total. The average Bonchev–Trinajstić information content (AvgIpc) is 3.07. The Bertz CT molecular complexity index is 665. The molecule has 0 radical (unpaired) electrons. The first kappa shape index (κ1) is 17.6. The van der Waals surface area contributed by atoms with Crippen molar-refractivity contribution in [2.45, 2.75) is 25.9 Å². The lowest BCUT2D eigenvalue weighted by Crippen LogP contribution is -2.42. The van der Waals surface area contributed by atoms with E-state index in [0.717, 1.165) is 51.3 Å². The van der Waals surface area contributed by atoms with E-state index in [1.54, 1.807) is 13.1 Å². The highest BCUT2D eigenvalue weighted by atomic mass is 16.5. The van der Waals surface area contributed by atoms with E-state index in [4.69, 9.17) is 14.0 Å². The predicted octanol–water partition coefficient (Wildman–Crippen LogP) is 2.49. The fourth-order valence-corrected chi connectivity index (χ4v) is 2.72. The number of rotatable bonds is 8. The highest BCUT2D eigenvalue weighted by Crippen LogP contribution is 2.20. The number of aromatic nitrogens is 3. The van der Waals surface area contributed by atoms with Gasteiger partial charge in [0.05, 0.1) is 18.8 Å². The van der Waals surface area contributed by atoms with Gasteiger partial charge >= 0.3 is 0 Å². The van der Waals surface area contributed by atoms with Gasteiger partial charge in [0.1, 0.15) is 6.10 Å². The topological polar surface area (TPSA) is 73.5 Å². The molecule has 0 bridgehead atoms. The number of ether oxygens (including phenoxy) is 2. The summed E-state index contributed by atoms with van der Waals surface area (Å²) >= 11 is 0. The second-order valence-electron chi connectivity index (χ2n) is 6.05. The first-order valence-electron chi connectivity index (χ1n) is 8.59. The summed E-state index contributed by atoms with van der Waals surface area (Å²) in [5.74, 6) is 1.67. The van der Waals surface area contributed by atoms with Gasteiger partial charge in [-0.2, -0.15) is 4.98 Å². The van der Waals surface area contributed by atoms with Crippen LogP contribution in [0.1, 0.15) is 18.7 Å². The largest absolute Gasteiger partial charge is 0.473 e. The summed E-state index contributed by atoms with van der Waals surface area (Å²) in [5.41, 5.74) is 0.781. The molecule has 134 valence electrons. The van der Waals surface area contributed by atoms with Crippen LogP contribution in [0.15, 0.2) is 35.5 Å². The van der Waals surface area contributed by atoms with E-state index in [2.05, 4.69) is 26.6 Å². The SMILES string of the molecule is C=CCC[C@@H](CN1CCOCC1)Oc1ccc(-c2nc(C)no2)cn1. The number of pyridine rings is 1. The van der Waals surface area contributed by atoms with Gasteiger partial charge in [0.15, 0.2) is 5.82 Å². The van der Waals surface area contributed by atoms with Crippen molar-refractivity contribution in [3.63, 3.8) is 0 Å². The predicted molar refractivity (Wildman–Crippen MR) is 93.4 cm³/mol. The summed E-state index contributed by atoms with van der Waals surface area (Å²) in [6, 6.07) is 3.73. The van der Waals surface area contributed by atoms with Crippen LogP contribution < -0.4 is 4.74 Å². The Morgan fingerprint density at radius 3 is 2.84 bits per heavy atom. The Kier molecular flexibility index (Phi) is 6.14. The van der Waals surface area contributed by atoms with Crippen LogP contribution >= 0.6 is 0 Å². The number of hydrogen-bond acceptors (Lipinski definition) is 7. The molecular weight excluding hydrogens is 320 g/mol. The van der Waals surface area contributed by atoms with E-state index in [1.807, 2.05) is 18.2 Å². The molecule has 1 aliphatic heterocycles. The molecule has 0 aromatic carbocycles. The van der Waals surface area contributed by atoms with Crippen LogP contribution in [-0.4, -0.2) is 59.0 Å². The number of nitrogens with zero attached hydrogens (tertiary/aromatic N) is 4. The maximum atomic E-state index is 6.11. The van der Waals surface area contributed by atoms with Crippen LogP contribution in [0.2, 0.25) is 0 Å². The van der Waals surface area contributed by atoms with Crippen molar-refractivity contribution in [3.05, 3.63) is 36.8 Å². The van der Waals surface area contributed by atoms with Gasteiger partial charge < -0.3 is 14.0 Å². The van der Waals surface area contributed by atoms with Crippen LogP contribution in [0, 0.1) is 6.92 Å². The Morgan fingerprint density at radius 1 is 1.36 bits per heavy atom. The van der Waals surface area contributed by atoms with Gasteiger partial charge in [0, 0.05) is 31.9 Å². The standard InChI is InChI=1S/C18H24N4O3/c1-3-4-5-16(13-22-8-10-23-11-9-22)24-17-7-6-15(12-19-17)18-20-14(2)21-25-18/h3,6-7,12,16H,1,4-5,8-11,13H2,2H3/t16-/m0/s1. The summed E-state index contributed by atoms with van der Waals surface area (Å²) < 4.78 is 16.7. The fourth-order valence-electron chi connectivity index (χ4n) is 2.72. The Labute approximate surface area is 147 Å². The first-order chi connectivity index (χ1) is 12.2. The zero-order valence-corrected chi connectivity index (χ0v) is 14.6. The van der Waals surface area contributed by atoms with Gasteiger partial charge in [-0.25, -0.2) is 4.98 Å². The molecule has 1 saturated heterocycles. The molecule has 0 saturated carbocycles. The molecule has 3 heterocycles. The first-order valence-corrected chi connectivity index (χ1v) is 8.59. The van der Waals surface area contributed by atoms with Gasteiger partial charge in [0.25, 0.3) is 5.89 Å². The lowest BCUT2D eigenvalue weighted by molar-refractivity contribution is 0.0174. The number of morpholine rings is 1. The number of aryl methyl sites for hydroxylation is 1. The normalized spacial score (nSPS) is 16.5. The quantitative estimate of drug-likeness (QED) is 0.681. The molecule has 0 spiro atoms. The Balaban J connectivity index is 1.62.